The predicted molar refractivity (Wildman–Crippen MR) is 101 cm³/mol. The summed E-state index contributed by atoms with van der Waals surface area (Å²) in [6.07, 6.45) is -1.63. The highest BCUT2D eigenvalue weighted by molar-refractivity contribution is 6.00. The van der Waals surface area contributed by atoms with Crippen molar-refractivity contribution >= 4 is 23.4 Å². The molecule has 0 unspecified atom stereocenters. The van der Waals surface area contributed by atoms with Crippen molar-refractivity contribution in [2.24, 2.45) is 5.92 Å². The first-order valence-electron chi connectivity index (χ1n) is 9.19. The van der Waals surface area contributed by atoms with Crippen molar-refractivity contribution in [2.75, 3.05) is 24.5 Å². The van der Waals surface area contributed by atoms with E-state index in [2.05, 4.69) is 15.6 Å². The van der Waals surface area contributed by atoms with Gasteiger partial charge in [0.1, 0.15) is 0 Å². The summed E-state index contributed by atoms with van der Waals surface area (Å²) in [5.74, 6) is -1.79. The Morgan fingerprint density at radius 3 is 2.50 bits per heavy atom. The highest BCUT2D eigenvalue weighted by Gasteiger charge is 2.36. The minimum Gasteiger partial charge on any atom is -0.354 e. The molecule has 0 spiro atoms. The highest BCUT2D eigenvalue weighted by atomic mass is 19.4. The van der Waals surface area contributed by atoms with Gasteiger partial charge in [-0.15, -0.1) is 0 Å². The number of hydrogen-bond donors (Lipinski definition) is 2. The van der Waals surface area contributed by atoms with Crippen LogP contribution in [0.3, 0.4) is 0 Å². The summed E-state index contributed by atoms with van der Waals surface area (Å²) in [6, 6.07) is 7.56. The number of nitrogens with one attached hydrogen (secondary N) is 2. The normalized spacial score (nSPS) is 16.4. The Morgan fingerprint density at radius 1 is 1.10 bits per heavy atom. The first-order chi connectivity index (χ1) is 14.3. The van der Waals surface area contributed by atoms with Crippen molar-refractivity contribution in [1.29, 1.82) is 0 Å². The van der Waals surface area contributed by atoms with Crippen LogP contribution in [-0.4, -0.2) is 42.3 Å². The molecule has 1 aromatic carbocycles. The summed E-state index contributed by atoms with van der Waals surface area (Å²) in [6.45, 7) is 0.337. The molecule has 1 atom stereocenters. The number of anilines is 1. The van der Waals surface area contributed by atoms with Gasteiger partial charge in [0.05, 0.1) is 11.5 Å². The molecule has 0 bridgehead atoms. The maximum Gasteiger partial charge on any atom is 0.416 e. The second kappa shape index (κ2) is 8.93. The van der Waals surface area contributed by atoms with Crippen LogP contribution in [0.1, 0.15) is 22.3 Å². The fourth-order valence-electron chi connectivity index (χ4n) is 3.09. The van der Waals surface area contributed by atoms with Crippen molar-refractivity contribution in [3.8, 4) is 0 Å². The fraction of sp³-hybridized carbons (Fsp3) is 0.300. The van der Waals surface area contributed by atoms with Gasteiger partial charge in [0.15, 0.2) is 0 Å². The number of rotatable bonds is 6. The van der Waals surface area contributed by atoms with Gasteiger partial charge in [-0.05, 0) is 30.3 Å². The number of carbonyl (C=O) groups is 3. The van der Waals surface area contributed by atoms with Crippen LogP contribution in [0.2, 0.25) is 0 Å². The van der Waals surface area contributed by atoms with Gasteiger partial charge >= 0.3 is 6.18 Å². The van der Waals surface area contributed by atoms with Crippen LogP contribution in [0.15, 0.2) is 48.8 Å². The molecular weight excluding hydrogens is 401 g/mol. The van der Waals surface area contributed by atoms with Crippen LogP contribution in [0.25, 0.3) is 0 Å². The van der Waals surface area contributed by atoms with Crippen LogP contribution in [-0.2, 0) is 15.8 Å². The van der Waals surface area contributed by atoms with Crippen LogP contribution in [0, 0.1) is 5.92 Å². The molecule has 30 heavy (non-hydrogen) atoms. The lowest BCUT2D eigenvalue weighted by molar-refractivity contribution is -0.137. The van der Waals surface area contributed by atoms with E-state index >= 15 is 0 Å². The molecule has 10 heteroatoms. The zero-order valence-electron chi connectivity index (χ0n) is 15.8. The second-order valence-corrected chi connectivity index (χ2v) is 6.74. The molecule has 1 fully saturated rings. The molecule has 0 radical (unpaired) electrons. The second-order valence-electron chi connectivity index (χ2n) is 6.74. The Bertz CT molecular complexity index is 934. The summed E-state index contributed by atoms with van der Waals surface area (Å²) in [4.78, 5) is 41.5. The number of aromatic nitrogens is 1. The van der Waals surface area contributed by atoms with Crippen LogP contribution in [0.5, 0.6) is 0 Å². The minimum absolute atomic E-state index is 0.00461. The van der Waals surface area contributed by atoms with E-state index in [0.29, 0.717) is 5.56 Å². The molecule has 1 aliphatic heterocycles. The van der Waals surface area contributed by atoms with Gasteiger partial charge in [0, 0.05) is 49.7 Å². The Labute approximate surface area is 170 Å². The zero-order valence-corrected chi connectivity index (χ0v) is 15.8. The van der Waals surface area contributed by atoms with Gasteiger partial charge in [0.2, 0.25) is 11.8 Å². The maximum atomic E-state index is 12.9. The highest BCUT2D eigenvalue weighted by Crippen LogP contribution is 2.33. The molecule has 3 amide bonds. The zero-order chi connectivity index (χ0) is 21.7. The van der Waals surface area contributed by atoms with Crippen molar-refractivity contribution in [1.82, 2.24) is 15.6 Å². The maximum absolute atomic E-state index is 12.9. The molecule has 158 valence electrons. The molecule has 0 saturated carbocycles. The molecule has 2 aromatic rings. The molecule has 1 aliphatic rings. The SMILES string of the molecule is O=C(NCCNC(=O)[C@@H]1CC(=O)N(c2cccc(C(F)(F)F)c2)C1)c1ccncc1. The molecule has 7 nitrogen and oxygen atoms in total. The van der Waals surface area contributed by atoms with E-state index in [4.69, 9.17) is 0 Å². The number of hydrogen-bond acceptors (Lipinski definition) is 4. The average molecular weight is 420 g/mol. The van der Waals surface area contributed by atoms with E-state index in [0.717, 1.165) is 12.1 Å². The standard InChI is InChI=1S/C20H19F3N4O3/c21-20(22,23)15-2-1-3-16(11-15)27-12-14(10-17(27)28)19(30)26-9-8-25-18(29)13-4-6-24-7-5-13/h1-7,11,14H,8-10,12H2,(H,25,29)(H,26,30)/t14-/m1/s1. The summed E-state index contributed by atoms with van der Waals surface area (Å²) in [7, 11) is 0. The molecular formula is C20H19F3N4O3. The Balaban J connectivity index is 1.50. The summed E-state index contributed by atoms with van der Waals surface area (Å²) >= 11 is 0. The summed E-state index contributed by atoms with van der Waals surface area (Å²) in [5.41, 5.74) is -0.310. The van der Waals surface area contributed by atoms with Crippen molar-refractivity contribution in [3.63, 3.8) is 0 Å². The lowest BCUT2D eigenvalue weighted by Crippen LogP contribution is -2.38. The third-order valence-electron chi connectivity index (χ3n) is 4.63. The number of benzene rings is 1. The average Bonchev–Trinajstić information content (AvgIpc) is 3.13. The lowest BCUT2D eigenvalue weighted by atomic mass is 10.1. The third kappa shape index (κ3) is 5.13. The number of carbonyl (C=O) groups excluding carboxylic acids is 3. The molecule has 3 rings (SSSR count). The molecule has 1 saturated heterocycles. The van der Waals surface area contributed by atoms with E-state index in [-0.39, 0.29) is 37.6 Å². The first-order valence-corrected chi connectivity index (χ1v) is 9.19. The van der Waals surface area contributed by atoms with Gasteiger partial charge < -0.3 is 15.5 Å². The van der Waals surface area contributed by atoms with Crippen LogP contribution < -0.4 is 15.5 Å². The lowest BCUT2D eigenvalue weighted by Gasteiger charge is -2.18. The van der Waals surface area contributed by atoms with Gasteiger partial charge in [-0.3, -0.25) is 19.4 Å². The number of nitrogens with zero attached hydrogens (tertiary/aromatic N) is 2. The van der Waals surface area contributed by atoms with Gasteiger partial charge in [-0.25, -0.2) is 0 Å². The van der Waals surface area contributed by atoms with Crippen molar-refractivity contribution < 1.29 is 27.6 Å². The number of halogens is 3. The quantitative estimate of drug-likeness (QED) is 0.700. The van der Waals surface area contributed by atoms with Crippen LogP contribution >= 0.6 is 0 Å². The number of amides is 3. The van der Waals surface area contributed by atoms with E-state index in [1.165, 1.54) is 29.4 Å². The smallest absolute Gasteiger partial charge is 0.354 e. The number of alkyl halides is 3. The fourth-order valence-corrected chi connectivity index (χ4v) is 3.09. The Hall–Kier alpha value is -3.43. The topological polar surface area (TPSA) is 91.4 Å². The van der Waals surface area contributed by atoms with Crippen molar-refractivity contribution in [2.45, 2.75) is 12.6 Å². The van der Waals surface area contributed by atoms with Crippen LogP contribution in [0.4, 0.5) is 18.9 Å². The van der Waals surface area contributed by atoms with Gasteiger partial charge in [-0.2, -0.15) is 13.2 Å². The predicted octanol–water partition coefficient (Wildman–Crippen LogP) is 2.00. The minimum atomic E-state index is -4.52. The van der Waals surface area contributed by atoms with Crippen molar-refractivity contribution in [3.05, 3.63) is 59.9 Å². The van der Waals surface area contributed by atoms with Gasteiger partial charge in [-0.1, -0.05) is 6.07 Å². The monoisotopic (exact) mass is 420 g/mol. The molecule has 2 N–H and O–H groups in total. The van der Waals surface area contributed by atoms with E-state index in [1.807, 2.05) is 0 Å². The third-order valence-corrected chi connectivity index (χ3v) is 4.63. The Kier molecular flexibility index (Phi) is 6.34. The van der Waals surface area contributed by atoms with E-state index in [9.17, 15) is 27.6 Å². The molecule has 2 heterocycles. The molecule has 0 aliphatic carbocycles. The Morgan fingerprint density at radius 2 is 1.80 bits per heavy atom. The number of pyridine rings is 1. The summed E-state index contributed by atoms with van der Waals surface area (Å²) < 4.78 is 38.7. The van der Waals surface area contributed by atoms with Gasteiger partial charge in [0.25, 0.3) is 5.91 Å². The van der Waals surface area contributed by atoms with E-state index < -0.39 is 29.5 Å². The molecule has 1 aromatic heterocycles. The largest absolute Gasteiger partial charge is 0.416 e. The van der Waals surface area contributed by atoms with E-state index in [1.54, 1.807) is 12.1 Å². The first kappa shape index (κ1) is 21.3. The summed E-state index contributed by atoms with van der Waals surface area (Å²) in [5, 5.41) is 5.28.